The van der Waals surface area contributed by atoms with Gasteiger partial charge in [-0.15, -0.1) is 0 Å². The van der Waals surface area contributed by atoms with Gasteiger partial charge in [0.25, 0.3) is 0 Å². The number of aliphatic hydroxyl groups is 1. The van der Waals surface area contributed by atoms with Crippen molar-refractivity contribution in [1.82, 2.24) is 5.32 Å². The summed E-state index contributed by atoms with van der Waals surface area (Å²) in [5.74, 6) is 2.30. The summed E-state index contributed by atoms with van der Waals surface area (Å²) in [7, 11) is 0. The number of benzene rings is 1. The van der Waals surface area contributed by atoms with Crippen molar-refractivity contribution in [1.29, 1.82) is 0 Å². The smallest absolute Gasteiger partial charge is 0.322 e. The zero-order valence-corrected chi connectivity index (χ0v) is 14.7. The molecule has 1 aliphatic heterocycles. The molecule has 1 aromatic carbocycles. The van der Waals surface area contributed by atoms with Crippen LogP contribution < -0.4 is 15.0 Å². The van der Waals surface area contributed by atoms with Gasteiger partial charge in [0.05, 0.1) is 17.8 Å². The Morgan fingerprint density at radius 3 is 2.76 bits per heavy atom. The molecule has 6 rings (SSSR count). The molecule has 134 valence electrons. The minimum atomic E-state index is -0.458. The standard InChI is InChI=1S/C20H26N2O3/c1-12-2-3-17-16(6-12)22(4-5-25-17)19(23)21-18-14-7-13-8-15(18)11-20(24,9-13)10-14/h2-3,6,13-15,18,24H,4-5,7-11H2,1H3,(H,21,23). The molecule has 4 aliphatic carbocycles. The maximum absolute atomic E-state index is 13.0. The van der Waals surface area contributed by atoms with Crippen LogP contribution in [0.15, 0.2) is 18.2 Å². The van der Waals surface area contributed by atoms with Gasteiger partial charge in [-0.05, 0) is 74.5 Å². The van der Waals surface area contributed by atoms with Crippen molar-refractivity contribution in [3.8, 4) is 5.75 Å². The van der Waals surface area contributed by atoms with Gasteiger partial charge < -0.3 is 15.2 Å². The molecule has 5 aliphatic rings. The molecule has 4 fully saturated rings. The molecule has 1 aromatic rings. The van der Waals surface area contributed by atoms with Gasteiger partial charge in [0.2, 0.25) is 0 Å². The first-order valence-electron chi connectivity index (χ1n) is 9.55. The van der Waals surface area contributed by atoms with Crippen LogP contribution >= 0.6 is 0 Å². The van der Waals surface area contributed by atoms with E-state index in [1.165, 1.54) is 0 Å². The monoisotopic (exact) mass is 342 g/mol. The molecule has 1 heterocycles. The molecule has 25 heavy (non-hydrogen) atoms. The van der Waals surface area contributed by atoms with Crippen LogP contribution in [0.5, 0.6) is 5.75 Å². The van der Waals surface area contributed by atoms with E-state index in [4.69, 9.17) is 4.74 Å². The molecule has 2 amide bonds. The fraction of sp³-hybridized carbons (Fsp3) is 0.650. The number of nitrogens with zero attached hydrogens (tertiary/aromatic N) is 1. The summed E-state index contributed by atoms with van der Waals surface area (Å²) in [6.45, 7) is 3.14. The lowest BCUT2D eigenvalue weighted by Crippen LogP contribution is -2.63. The van der Waals surface area contributed by atoms with E-state index in [0.717, 1.165) is 49.1 Å². The molecule has 0 saturated heterocycles. The minimum absolute atomic E-state index is 0.0142. The van der Waals surface area contributed by atoms with Crippen molar-refractivity contribution in [2.45, 2.75) is 50.7 Å². The van der Waals surface area contributed by atoms with Crippen LogP contribution in [0.3, 0.4) is 0 Å². The number of hydrogen-bond donors (Lipinski definition) is 2. The van der Waals surface area contributed by atoms with Gasteiger partial charge in [0, 0.05) is 6.04 Å². The third-order valence-corrected chi connectivity index (χ3v) is 6.75. The number of urea groups is 1. The highest BCUT2D eigenvalue weighted by Gasteiger charge is 2.55. The molecular weight excluding hydrogens is 316 g/mol. The van der Waals surface area contributed by atoms with Crippen molar-refractivity contribution in [2.24, 2.45) is 17.8 Å². The van der Waals surface area contributed by atoms with Gasteiger partial charge in [0.15, 0.2) is 0 Å². The molecular formula is C20H26N2O3. The minimum Gasteiger partial charge on any atom is -0.490 e. The number of fused-ring (bicyclic) bond motifs is 1. The fourth-order valence-corrected chi connectivity index (χ4v) is 5.98. The fourth-order valence-electron chi connectivity index (χ4n) is 5.98. The largest absolute Gasteiger partial charge is 0.490 e. The topological polar surface area (TPSA) is 61.8 Å². The number of ether oxygens (including phenoxy) is 1. The normalized spacial score (nSPS) is 38.2. The second kappa shape index (κ2) is 5.37. The van der Waals surface area contributed by atoms with E-state index in [-0.39, 0.29) is 12.1 Å². The molecule has 4 saturated carbocycles. The first-order chi connectivity index (χ1) is 12.0. The third kappa shape index (κ3) is 2.51. The van der Waals surface area contributed by atoms with E-state index in [9.17, 15) is 9.90 Å². The van der Waals surface area contributed by atoms with E-state index in [0.29, 0.717) is 30.9 Å². The van der Waals surface area contributed by atoms with Crippen molar-refractivity contribution in [3.05, 3.63) is 23.8 Å². The second-order valence-corrected chi connectivity index (χ2v) is 8.64. The highest BCUT2D eigenvalue weighted by Crippen LogP contribution is 2.55. The van der Waals surface area contributed by atoms with Gasteiger partial charge >= 0.3 is 6.03 Å². The van der Waals surface area contributed by atoms with Crippen molar-refractivity contribution >= 4 is 11.7 Å². The number of hydrogen-bond acceptors (Lipinski definition) is 3. The summed E-state index contributed by atoms with van der Waals surface area (Å²) in [4.78, 5) is 14.9. The Hall–Kier alpha value is -1.75. The van der Waals surface area contributed by atoms with Gasteiger partial charge in [-0.3, -0.25) is 4.90 Å². The Morgan fingerprint density at radius 1 is 1.28 bits per heavy atom. The van der Waals surface area contributed by atoms with Crippen LogP contribution in [0.2, 0.25) is 0 Å². The van der Waals surface area contributed by atoms with E-state index in [1.807, 2.05) is 30.0 Å². The lowest BCUT2D eigenvalue weighted by Gasteiger charge is -2.58. The number of carbonyl (C=O) groups excluding carboxylic acids is 1. The summed E-state index contributed by atoms with van der Waals surface area (Å²) in [5.41, 5.74) is 1.53. The third-order valence-electron chi connectivity index (χ3n) is 6.75. The van der Waals surface area contributed by atoms with Crippen LogP contribution in [0.4, 0.5) is 10.5 Å². The maximum Gasteiger partial charge on any atom is 0.322 e. The van der Waals surface area contributed by atoms with Crippen LogP contribution in [0.25, 0.3) is 0 Å². The average molecular weight is 342 g/mol. The predicted octanol–water partition coefficient (Wildman–Crippen LogP) is 2.84. The summed E-state index contributed by atoms with van der Waals surface area (Å²) in [6, 6.07) is 6.18. The zero-order valence-electron chi connectivity index (χ0n) is 14.7. The number of amides is 2. The maximum atomic E-state index is 13.0. The lowest BCUT2D eigenvalue weighted by atomic mass is 9.52. The number of carbonyl (C=O) groups is 1. The van der Waals surface area contributed by atoms with Gasteiger partial charge in [0.1, 0.15) is 12.4 Å². The zero-order chi connectivity index (χ0) is 17.2. The SMILES string of the molecule is Cc1ccc2c(c1)N(C(=O)NC1C3CC4CC1CC(O)(C4)C3)CCO2. The number of nitrogens with one attached hydrogen (secondary N) is 1. The molecule has 2 unspecified atom stereocenters. The first kappa shape index (κ1) is 15.5. The van der Waals surface area contributed by atoms with Gasteiger partial charge in [-0.2, -0.15) is 0 Å². The summed E-state index contributed by atoms with van der Waals surface area (Å²) in [6.07, 6.45) is 4.98. The van der Waals surface area contributed by atoms with E-state index in [2.05, 4.69) is 5.32 Å². The molecule has 2 atom stereocenters. The number of rotatable bonds is 1. The Kier molecular flexibility index (Phi) is 3.33. The molecule has 0 aromatic heterocycles. The van der Waals surface area contributed by atoms with Crippen LogP contribution in [-0.4, -0.2) is 35.9 Å². The molecule has 0 radical (unpaired) electrons. The second-order valence-electron chi connectivity index (χ2n) is 8.64. The molecule has 5 nitrogen and oxygen atoms in total. The Bertz CT molecular complexity index is 703. The highest BCUT2D eigenvalue weighted by molar-refractivity contribution is 5.94. The lowest BCUT2D eigenvalue weighted by molar-refractivity contribution is -0.136. The van der Waals surface area contributed by atoms with Crippen LogP contribution in [0, 0.1) is 24.7 Å². The van der Waals surface area contributed by atoms with Gasteiger partial charge in [-0.25, -0.2) is 4.79 Å². The van der Waals surface area contributed by atoms with E-state index < -0.39 is 5.60 Å². The summed E-state index contributed by atoms with van der Waals surface area (Å²) >= 11 is 0. The van der Waals surface area contributed by atoms with E-state index in [1.54, 1.807) is 0 Å². The quantitative estimate of drug-likeness (QED) is 0.825. The van der Waals surface area contributed by atoms with Crippen LogP contribution in [-0.2, 0) is 0 Å². The molecule has 5 heteroatoms. The van der Waals surface area contributed by atoms with Crippen molar-refractivity contribution in [3.63, 3.8) is 0 Å². The molecule has 2 N–H and O–H groups in total. The molecule has 0 spiro atoms. The van der Waals surface area contributed by atoms with Crippen molar-refractivity contribution in [2.75, 3.05) is 18.1 Å². The number of aryl methyl sites for hydroxylation is 1. The predicted molar refractivity (Wildman–Crippen MR) is 94.8 cm³/mol. The summed E-state index contributed by atoms with van der Waals surface area (Å²) in [5, 5.41) is 14.1. The Balaban J connectivity index is 1.36. The highest BCUT2D eigenvalue weighted by atomic mass is 16.5. The van der Waals surface area contributed by atoms with Crippen molar-refractivity contribution < 1.29 is 14.6 Å². The average Bonchev–Trinajstić information content (AvgIpc) is 2.56. The molecule has 4 bridgehead atoms. The summed E-state index contributed by atoms with van der Waals surface area (Å²) < 4.78 is 5.70. The van der Waals surface area contributed by atoms with Gasteiger partial charge in [-0.1, -0.05) is 6.07 Å². The van der Waals surface area contributed by atoms with E-state index >= 15 is 0 Å². The van der Waals surface area contributed by atoms with Crippen LogP contribution in [0.1, 0.15) is 37.7 Å². The Morgan fingerprint density at radius 2 is 2.04 bits per heavy atom. The number of anilines is 1. The Labute approximate surface area is 148 Å². The first-order valence-corrected chi connectivity index (χ1v) is 9.55.